The summed E-state index contributed by atoms with van der Waals surface area (Å²) in [5.74, 6) is 0. The molecule has 2 N–H and O–H groups in total. The Bertz CT molecular complexity index is 398. The van der Waals surface area contributed by atoms with Crippen LogP contribution in [0.2, 0.25) is 5.02 Å². The zero-order chi connectivity index (χ0) is 12.1. The fourth-order valence-corrected chi connectivity index (χ4v) is 1.62. The third-order valence-electron chi connectivity index (χ3n) is 2.66. The molecular formula is C12H16ClN3. The molecule has 1 aromatic rings. The van der Waals surface area contributed by atoms with E-state index < -0.39 is 0 Å². The first-order valence-corrected chi connectivity index (χ1v) is 5.53. The van der Waals surface area contributed by atoms with Crippen LogP contribution < -0.4 is 5.73 Å². The Morgan fingerprint density at radius 1 is 1.56 bits per heavy atom. The number of rotatable bonds is 4. The fraction of sp³-hybridized carbons (Fsp3) is 0.417. The van der Waals surface area contributed by atoms with Crippen molar-refractivity contribution in [2.24, 2.45) is 0 Å². The van der Waals surface area contributed by atoms with Crippen molar-refractivity contribution in [3.63, 3.8) is 0 Å². The first-order valence-electron chi connectivity index (χ1n) is 5.15. The highest BCUT2D eigenvalue weighted by atomic mass is 35.5. The number of hydrogen-bond donors (Lipinski definition) is 1. The number of anilines is 1. The average Bonchev–Trinajstić information content (AvgIpc) is 2.23. The van der Waals surface area contributed by atoms with Gasteiger partial charge in [-0.3, -0.25) is 4.90 Å². The van der Waals surface area contributed by atoms with Gasteiger partial charge in [0.2, 0.25) is 0 Å². The van der Waals surface area contributed by atoms with Gasteiger partial charge in [-0.05, 0) is 37.7 Å². The van der Waals surface area contributed by atoms with Crippen LogP contribution in [0.25, 0.3) is 0 Å². The molecule has 0 aliphatic heterocycles. The molecule has 0 fully saturated rings. The number of nitrogens with two attached hydrogens (primary N) is 1. The molecule has 1 aromatic carbocycles. The van der Waals surface area contributed by atoms with Gasteiger partial charge in [0.05, 0.1) is 12.5 Å². The van der Waals surface area contributed by atoms with Gasteiger partial charge in [-0.2, -0.15) is 5.26 Å². The van der Waals surface area contributed by atoms with E-state index in [0.29, 0.717) is 18.0 Å². The van der Waals surface area contributed by atoms with E-state index in [1.165, 1.54) is 0 Å². The van der Waals surface area contributed by atoms with E-state index in [4.69, 9.17) is 22.6 Å². The van der Waals surface area contributed by atoms with Crippen LogP contribution in [-0.2, 0) is 6.54 Å². The summed E-state index contributed by atoms with van der Waals surface area (Å²) < 4.78 is 0. The van der Waals surface area contributed by atoms with Gasteiger partial charge in [0.15, 0.2) is 0 Å². The van der Waals surface area contributed by atoms with Crippen LogP contribution in [-0.4, -0.2) is 18.0 Å². The van der Waals surface area contributed by atoms with E-state index in [-0.39, 0.29) is 6.04 Å². The Hall–Kier alpha value is -1.24. The molecule has 0 heterocycles. The molecule has 86 valence electrons. The largest absolute Gasteiger partial charge is 0.398 e. The number of benzene rings is 1. The monoisotopic (exact) mass is 237 g/mol. The van der Waals surface area contributed by atoms with E-state index in [0.717, 1.165) is 11.3 Å². The lowest BCUT2D eigenvalue weighted by Gasteiger charge is -2.23. The Labute approximate surface area is 101 Å². The highest BCUT2D eigenvalue weighted by Crippen LogP contribution is 2.20. The van der Waals surface area contributed by atoms with E-state index >= 15 is 0 Å². The maximum absolute atomic E-state index is 8.63. The van der Waals surface area contributed by atoms with Gasteiger partial charge in [-0.15, -0.1) is 0 Å². The minimum absolute atomic E-state index is 0.211. The molecule has 1 rings (SSSR count). The molecule has 0 radical (unpaired) electrons. The van der Waals surface area contributed by atoms with E-state index in [1.807, 2.05) is 20.0 Å². The maximum atomic E-state index is 8.63. The Morgan fingerprint density at radius 3 is 2.88 bits per heavy atom. The number of hydrogen-bond acceptors (Lipinski definition) is 3. The number of nitrogens with zero attached hydrogens (tertiary/aromatic N) is 2. The van der Waals surface area contributed by atoms with Crippen LogP contribution in [0.3, 0.4) is 0 Å². The fourth-order valence-electron chi connectivity index (χ4n) is 1.42. The van der Waals surface area contributed by atoms with Crippen LogP contribution in [0, 0.1) is 11.3 Å². The van der Waals surface area contributed by atoms with Gasteiger partial charge in [-0.1, -0.05) is 11.6 Å². The molecule has 3 nitrogen and oxygen atoms in total. The first kappa shape index (κ1) is 12.8. The highest BCUT2D eigenvalue weighted by molar-refractivity contribution is 6.30. The van der Waals surface area contributed by atoms with Crippen molar-refractivity contribution >= 4 is 17.3 Å². The molecule has 1 atom stereocenters. The van der Waals surface area contributed by atoms with Crippen molar-refractivity contribution in [1.82, 2.24) is 4.90 Å². The zero-order valence-corrected chi connectivity index (χ0v) is 10.3. The Balaban J connectivity index is 2.73. The second kappa shape index (κ2) is 5.74. The van der Waals surface area contributed by atoms with Crippen molar-refractivity contribution in [3.05, 3.63) is 28.8 Å². The Kier molecular flexibility index (Phi) is 4.60. The number of nitrogen functional groups attached to an aromatic ring is 1. The number of halogens is 1. The van der Waals surface area contributed by atoms with Gasteiger partial charge in [-0.25, -0.2) is 0 Å². The van der Waals surface area contributed by atoms with Crippen LogP contribution in [0.1, 0.15) is 18.9 Å². The van der Waals surface area contributed by atoms with Gasteiger partial charge in [0.1, 0.15) is 0 Å². The maximum Gasteiger partial charge on any atom is 0.0638 e. The molecule has 0 bridgehead atoms. The third kappa shape index (κ3) is 3.41. The standard InChI is InChI=1S/C12H16ClN3/c1-9(5-6-14)16(2)8-10-7-11(13)3-4-12(10)15/h3-4,7,9H,5,8,15H2,1-2H3. The van der Waals surface area contributed by atoms with Crippen LogP contribution in [0.4, 0.5) is 5.69 Å². The lowest BCUT2D eigenvalue weighted by atomic mass is 10.1. The summed E-state index contributed by atoms with van der Waals surface area (Å²) in [5, 5.41) is 9.31. The SMILES string of the molecule is CC(CC#N)N(C)Cc1cc(Cl)ccc1N. The Morgan fingerprint density at radius 2 is 2.25 bits per heavy atom. The molecule has 4 heteroatoms. The second-order valence-electron chi connectivity index (χ2n) is 3.97. The van der Waals surface area contributed by atoms with Crippen LogP contribution >= 0.6 is 11.6 Å². The highest BCUT2D eigenvalue weighted by Gasteiger charge is 2.10. The van der Waals surface area contributed by atoms with Crippen molar-refractivity contribution in [3.8, 4) is 6.07 Å². The van der Waals surface area contributed by atoms with Crippen LogP contribution in [0.15, 0.2) is 18.2 Å². The molecule has 0 amide bonds. The second-order valence-corrected chi connectivity index (χ2v) is 4.41. The summed E-state index contributed by atoms with van der Waals surface area (Å²) in [6.07, 6.45) is 0.511. The number of nitriles is 1. The third-order valence-corrected chi connectivity index (χ3v) is 2.90. The minimum atomic E-state index is 0.211. The van der Waals surface area contributed by atoms with E-state index in [1.54, 1.807) is 12.1 Å². The lowest BCUT2D eigenvalue weighted by molar-refractivity contribution is 0.253. The van der Waals surface area contributed by atoms with Crippen molar-refractivity contribution in [2.75, 3.05) is 12.8 Å². The van der Waals surface area contributed by atoms with Gasteiger partial charge < -0.3 is 5.73 Å². The molecule has 0 saturated carbocycles. The van der Waals surface area contributed by atoms with Crippen molar-refractivity contribution in [1.29, 1.82) is 5.26 Å². The van der Waals surface area contributed by atoms with E-state index in [2.05, 4.69) is 11.0 Å². The molecule has 0 aromatic heterocycles. The summed E-state index contributed by atoms with van der Waals surface area (Å²) in [6.45, 7) is 2.72. The van der Waals surface area contributed by atoms with Gasteiger partial charge in [0, 0.05) is 23.3 Å². The molecule has 0 spiro atoms. The normalized spacial score (nSPS) is 12.4. The van der Waals surface area contributed by atoms with Gasteiger partial charge in [0.25, 0.3) is 0 Å². The smallest absolute Gasteiger partial charge is 0.0638 e. The summed E-state index contributed by atoms with van der Waals surface area (Å²) in [4.78, 5) is 2.09. The van der Waals surface area contributed by atoms with Crippen LogP contribution in [0.5, 0.6) is 0 Å². The van der Waals surface area contributed by atoms with E-state index in [9.17, 15) is 0 Å². The molecule has 16 heavy (non-hydrogen) atoms. The predicted molar refractivity (Wildman–Crippen MR) is 67.0 cm³/mol. The van der Waals surface area contributed by atoms with Crippen molar-refractivity contribution in [2.45, 2.75) is 25.9 Å². The minimum Gasteiger partial charge on any atom is -0.398 e. The zero-order valence-electron chi connectivity index (χ0n) is 9.57. The molecule has 0 aliphatic rings. The van der Waals surface area contributed by atoms with Gasteiger partial charge >= 0.3 is 0 Å². The quantitative estimate of drug-likeness (QED) is 0.820. The molecular weight excluding hydrogens is 222 g/mol. The molecule has 0 saturated heterocycles. The molecule has 1 unspecified atom stereocenters. The predicted octanol–water partition coefficient (Wildman–Crippen LogP) is 2.66. The first-order chi connectivity index (χ1) is 7.54. The molecule has 0 aliphatic carbocycles. The summed E-state index contributed by atoms with van der Waals surface area (Å²) in [7, 11) is 1.97. The average molecular weight is 238 g/mol. The lowest BCUT2D eigenvalue weighted by Crippen LogP contribution is -2.28. The summed E-state index contributed by atoms with van der Waals surface area (Å²) in [5.41, 5.74) is 7.60. The van der Waals surface area contributed by atoms with Crippen molar-refractivity contribution < 1.29 is 0 Å². The topological polar surface area (TPSA) is 53.0 Å². The summed E-state index contributed by atoms with van der Waals surface area (Å²) in [6, 6.07) is 7.82. The summed E-state index contributed by atoms with van der Waals surface area (Å²) >= 11 is 5.91.